The number of carbonyl (C=O) groups is 2. The number of amides is 3. The van der Waals surface area contributed by atoms with E-state index in [0.29, 0.717) is 43.2 Å². The van der Waals surface area contributed by atoms with Crippen molar-refractivity contribution < 1.29 is 19.1 Å². The summed E-state index contributed by atoms with van der Waals surface area (Å²) in [5.41, 5.74) is 4.23. The summed E-state index contributed by atoms with van der Waals surface area (Å²) >= 11 is 0. The van der Waals surface area contributed by atoms with Gasteiger partial charge in [0, 0.05) is 74.4 Å². The van der Waals surface area contributed by atoms with Crippen LogP contribution >= 0.6 is 0 Å². The first kappa shape index (κ1) is 27.3. The van der Waals surface area contributed by atoms with Crippen molar-refractivity contribution in [3.05, 3.63) is 77.6 Å². The molecule has 2 aliphatic rings. The van der Waals surface area contributed by atoms with Crippen LogP contribution in [-0.4, -0.2) is 80.2 Å². The largest absolute Gasteiger partial charge is 0.497 e. The lowest BCUT2D eigenvalue weighted by molar-refractivity contribution is 0.0743. The van der Waals surface area contributed by atoms with Crippen LogP contribution in [-0.2, 0) is 0 Å². The molecule has 9 nitrogen and oxygen atoms in total. The number of carbonyl (C=O) groups excluding carboxylic acids is 2. The number of hydrogen-bond acceptors (Lipinski definition) is 6. The molecule has 210 valence electrons. The average molecular weight is 544 g/mol. The number of piperazine rings is 1. The third-order valence-corrected chi connectivity index (χ3v) is 7.77. The van der Waals surface area contributed by atoms with Crippen molar-refractivity contribution in [2.45, 2.75) is 25.7 Å². The number of anilines is 2. The van der Waals surface area contributed by atoms with Gasteiger partial charge >= 0.3 is 6.03 Å². The molecule has 5 rings (SSSR count). The average Bonchev–Trinajstić information content (AvgIpc) is 3.01. The van der Waals surface area contributed by atoms with Crippen molar-refractivity contribution in [2.24, 2.45) is 0 Å². The van der Waals surface area contributed by atoms with Gasteiger partial charge < -0.3 is 29.5 Å². The minimum absolute atomic E-state index is 0.0333. The van der Waals surface area contributed by atoms with Gasteiger partial charge in [0.2, 0.25) is 0 Å². The van der Waals surface area contributed by atoms with E-state index in [4.69, 9.17) is 14.5 Å². The first-order valence-corrected chi connectivity index (χ1v) is 13.8. The number of aromatic nitrogens is 1. The van der Waals surface area contributed by atoms with Gasteiger partial charge in [-0.05, 0) is 56.2 Å². The number of likely N-dealkylation sites (tertiary alicyclic amines) is 1. The van der Waals surface area contributed by atoms with Gasteiger partial charge in [0.05, 0.1) is 25.5 Å². The zero-order chi connectivity index (χ0) is 28.1. The zero-order valence-electron chi connectivity index (χ0n) is 23.4. The van der Waals surface area contributed by atoms with Crippen LogP contribution in [0.2, 0.25) is 0 Å². The molecule has 3 aromatic rings. The molecule has 0 bridgehead atoms. The number of rotatable bonds is 6. The Morgan fingerprint density at radius 2 is 1.50 bits per heavy atom. The monoisotopic (exact) mass is 543 g/mol. The number of aryl methyl sites for hydroxylation is 1. The topological polar surface area (TPSA) is 87.2 Å². The molecule has 40 heavy (non-hydrogen) atoms. The van der Waals surface area contributed by atoms with E-state index in [-0.39, 0.29) is 17.9 Å². The Morgan fingerprint density at radius 1 is 0.825 bits per heavy atom. The van der Waals surface area contributed by atoms with Crippen LogP contribution < -0.4 is 19.7 Å². The fourth-order valence-corrected chi connectivity index (χ4v) is 5.47. The third-order valence-electron chi connectivity index (χ3n) is 7.77. The van der Waals surface area contributed by atoms with Crippen molar-refractivity contribution in [3.63, 3.8) is 0 Å². The first-order valence-electron chi connectivity index (χ1n) is 13.8. The lowest BCUT2D eigenvalue weighted by atomic mass is 9.89. The molecule has 1 N–H and O–H groups in total. The van der Waals surface area contributed by atoms with E-state index in [2.05, 4.69) is 16.3 Å². The van der Waals surface area contributed by atoms with Gasteiger partial charge in [-0.1, -0.05) is 12.1 Å². The van der Waals surface area contributed by atoms with Gasteiger partial charge in [0.25, 0.3) is 5.91 Å². The molecule has 0 aliphatic carbocycles. The Bertz CT molecular complexity index is 1350. The molecular formula is C31H37N5O4. The SMILES string of the molecule is COc1cccc(NC(=O)N2CCC(c3nc(C)ccc3C(=O)N3CCN(c4cccc(OC)c4)CC3)CC2)c1. The summed E-state index contributed by atoms with van der Waals surface area (Å²) in [6.07, 6.45) is 1.51. The normalized spacial score (nSPS) is 16.0. The van der Waals surface area contributed by atoms with Crippen LogP contribution in [0.4, 0.5) is 16.2 Å². The molecule has 3 heterocycles. The van der Waals surface area contributed by atoms with Gasteiger partial charge in [0.1, 0.15) is 11.5 Å². The fraction of sp³-hybridized carbons (Fsp3) is 0.387. The smallest absolute Gasteiger partial charge is 0.321 e. The summed E-state index contributed by atoms with van der Waals surface area (Å²) in [5.74, 6) is 1.68. The Balaban J connectivity index is 1.21. The molecule has 9 heteroatoms. The summed E-state index contributed by atoms with van der Waals surface area (Å²) < 4.78 is 10.6. The van der Waals surface area contributed by atoms with Gasteiger partial charge in [-0.25, -0.2) is 4.79 Å². The summed E-state index contributed by atoms with van der Waals surface area (Å²) in [5, 5.41) is 2.96. The van der Waals surface area contributed by atoms with Crippen molar-refractivity contribution in [1.82, 2.24) is 14.8 Å². The van der Waals surface area contributed by atoms with Crippen LogP contribution in [0.1, 0.15) is 40.5 Å². The van der Waals surface area contributed by atoms with Crippen molar-refractivity contribution >= 4 is 23.3 Å². The highest BCUT2D eigenvalue weighted by Crippen LogP contribution is 2.31. The van der Waals surface area contributed by atoms with E-state index < -0.39 is 0 Å². The summed E-state index contributed by atoms with van der Waals surface area (Å²) in [6.45, 7) is 5.97. The minimum Gasteiger partial charge on any atom is -0.497 e. The van der Waals surface area contributed by atoms with Crippen LogP contribution in [0.3, 0.4) is 0 Å². The predicted octanol–water partition coefficient (Wildman–Crippen LogP) is 4.78. The maximum Gasteiger partial charge on any atom is 0.321 e. The standard InChI is InChI=1S/C31H37N5O4/c1-22-10-11-28(30(37)35-18-16-34(17-19-35)25-7-5-9-27(21-25)40-3)29(32-22)23-12-14-36(15-13-23)31(38)33-24-6-4-8-26(20-24)39-2/h4-11,20-21,23H,12-19H2,1-3H3,(H,33,38). The second-order valence-electron chi connectivity index (χ2n) is 10.3. The number of nitrogens with zero attached hydrogens (tertiary/aromatic N) is 4. The van der Waals surface area contributed by atoms with Gasteiger partial charge in [-0.15, -0.1) is 0 Å². The molecule has 0 radical (unpaired) electrons. The zero-order valence-corrected chi connectivity index (χ0v) is 23.4. The van der Waals surface area contributed by atoms with Gasteiger partial charge in [-0.3, -0.25) is 9.78 Å². The van der Waals surface area contributed by atoms with E-state index in [1.807, 2.05) is 65.3 Å². The van der Waals surface area contributed by atoms with E-state index in [1.165, 1.54) is 0 Å². The molecule has 0 unspecified atom stereocenters. The van der Waals surface area contributed by atoms with E-state index in [0.717, 1.165) is 48.8 Å². The molecule has 2 aliphatic heterocycles. The lowest BCUT2D eigenvalue weighted by Gasteiger charge is -2.37. The molecule has 0 atom stereocenters. The number of ether oxygens (including phenoxy) is 2. The molecule has 2 fully saturated rings. The van der Waals surface area contributed by atoms with E-state index >= 15 is 0 Å². The van der Waals surface area contributed by atoms with Crippen molar-refractivity contribution in [2.75, 3.05) is 63.7 Å². The highest BCUT2D eigenvalue weighted by molar-refractivity contribution is 5.95. The number of methoxy groups -OCH3 is 2. The highest BCUT2D eigenvalue weighted by Gasteiger charge is 2.30. The van der Waals surface area contributed by atoms with Crippen LogP contribution in [0.5, 0.6) is 11.5 Å². The second-order valence-corrected chi connectivity index (χ2v) is 10.3. The highest BCUT2D eigenvalue weighted by atomic mass is 16.5. The number of urea groups is 1. The number of benzene rings is 2. The van der Waals surface area contributed by atoms with Gasteiger partial charge in [0.15, 0.2) is 0 Å². The summed E-state index contributed by atoms with van der Waals surface area (Å²) in [7, 11) is 3.27. The number of nitrogens with one attached hydrogen (secondary N) is 1. The maximum atomic E-state index is 13.7. The predicted molar refractivity (Wildman–Crippen MR) is 156 cm³/mol. The van der Waals surface area contributed by atoms with Crippen LogP contribution in [0, 0.1) is 6.92 Å². The lowest BCUT2D eigenvalue weighted by Crippen LogP contribution is -2.49. The summed E-state index contributed by atoms with van der Waals surface area (Å²) in [6, 6.07) is 19.1. The van der Waals surface area contributed by atoms with Crippen LogP contribution in [0.25, 0.3) is 0 Å². The Morgan fingerprint density at radius 3 is 2.20 bits per heavy atom. The maximum absolute atomic E-state index is 13.7. The summed E-state index contributed by atoms with van der Waals surface area (Å²) in [4.78, 5) is 37.5. The minimum atomic E-state index is -0.130. The van der Waals surface area contributed by atoms with Crippen LogP contribution in [0.15, 0.2) is 60.7 Å². The molecular weight excluding hydrogens is 506 g/mol. The first-order chi connectivity index (χ1) is 19.4. The molecule has 2 saturated heterocycles. The second kappa shape index (κ2) is 12.3. The Labute approximate surface area is 235 Å². The number of hydrogen-bond donors (Lipinski definition) is 1. The molecule has 3 amide bonds. The van der Waals surface area contributed by atoms with Crippen molar-refractivity contribution in [1.29, 1.82) is 0 Å². The van der Waals surface area contributed by atoms with E-state index in [9.17, 15) is 9.59 Å². The quantitative estimate of drug-likeness (QED) is 0.482. The Kier molecular flexibility index (Phi) is 8.38. The molecule has 0 saturated carbocycles. The van der Waals surface area contributed by atoms with Gasteiger partial charge in [-0.2, -0.15) is 0 Å². The van der Waals surface area contributed by atoms with E-state index in [1.54, 1.807) is 20.3 Å². The molecule has 1 aromatic heterocycles. The fourth-order valence-electron chi connectivity index (χ4n) is 5.47. The third kappa shape index (κ3) is 6.14. The number of pyridine rings is 1. The van der Waals surface area contributed by atoms with Crippen molar-refractivity contribution in [3.8, 4) is 11.5 Å². The number of piperidine rings is 1. The molecule has 0 spiro atoms. The molecule has 2 aromatic carbocycles. The Hall–Kier alpha value is -4.27.